The molecule has 0 bridgehead atoms. The molecule has 1 rings (SSSR count). The Balaban J connectivity index is 2.88. The van der Waals surface area contributed by atoms with Gasteiger partial charge in [0.15, 0.2) is 0 Å². The van der Waals surface area contributed by atoms with Crippen molar-refractivity contribution in [1.29, 1.82) is 0 Å². The maximum atomic E-state index is 12.2. The Hall–Kier alpha value is -0.550. The van der Waals surface area contributed by atoms with Gasteiger partial charge in [-0.25, -0.2) is 0 Å². The maximum Gasteiger partial charge on any atom is 0.389 e. The summed E-state index contributed by atoms with van der Waals surface area (Å²) in [6.45, 7) is 1.68. The lowest BCUT2D eigenvalue weighted by Crippen LogP contribution is -2.27. The summed E-state index contributed by atoms with van der Waals surface area (Å²) in [5, 5.41) is 10.3. The van der Waals surface area contributed by atoms with Gasteiger partial charge in [-0.2, -0.15) is 13.2 Å². The molecule has 0 aliphatic carbocycles. The molecule has 0 spiro atoms. The van der Waals surface area contributed by atoms with Gasteiger partial charge < -0.3 is 5.11 Å². The number of hydrogen-bond donors (Lipinski definition) is 1. The Kier molecular flexibility index (Phi) is 4.61. The van der Waals surface area contributed by atoms with Crippen molar-refractivity contribution in [3.05, 3.63) is 34.3 Å². The summed E-state index contributed by atoms with van der Waals surface area (Å²) >= 11 is 3.24. The summed E-state index contributed by atoms with van der Waals surface area (Å²) < 4.78 is 37.3. The van der Waals surface area contributed by atoms with Crippen molar-refractivity contribution < 1.29 is 18.3 Å². The summed E-state index contributed by atoms with van der Waals surface area (Å²) in [6.07, 6.45) is -5.29. The molecule has 0 radical (unpaired) electrons. The Labute approximate surface area is 107 Å². The molecule has 0 amide bonds. The molecule has 1 nitrogen and oxygen atoms in total. The highest BCUT2D eigenvalue weighted by molar-refractivity contribution is 9.10. The van der Waals surface area contributed by atoms with E-state index in [1.807, 2.05) is 0 Å². The zero-order valence-electron chi connectivity index (χ0n) is 9.39. The van der Waals surface area contributed by atoms with E-state index in [1.54, 1.807) is 31.2 Å². The van der Waals surface area contributed by atoms with Crippen LogP contribution in [0.5, 0.6) is 0 Å². The van der Waals surface area contributed by atoms with Gasteiger partial charge in [-0.05, 0) is 30.5 Å². The fourth-order valence-corrected chi connectivity index (χ4v) is 2.05. The molecule has 0 saturated heterocycles. The van der Waals surface area contributed by atoms with Crippen LogP contribution in [0, 0.1) is 0 Å². The lowest BCUT2D eigenvalue weighted by Gasteiger charge is -2.28. The summed E-state index contributed by atoms with van der Waals surface area (Å²) in [5.74, 6) is 0. The molecule has 1 unspecified atom stereocenters. The van der Waals surface area contributed by atoms with Crippen LogP contribution in [0.4, 0.5) is 13.2 Å². The summed E-state index contributed by atoms with van der Waals surface area (Å²) in [6, 6.07) is 6.77. The fourth-order valence-electron chi connectivity index (χ4n) is 1.65. The lowest BCUT2D eigenvalue weighted by atomic mass is 9.87. The van der Waals surface area contributed by atoms with E-state index < -0.39 is 18.2 Å². The van der Waals surface area contributed by atoms with Crippen LogP contribution in [0.15, 0.2) is 28.7 Å². The highest BCUT2D eigenvalue weighted by atomic mass is 79.9. The molecule has 0 heterocycles. The molecule has 1 N–H and O–H groups in total. The largest absolute Gasteiger partial charge is 0.389 e. The Bertz CT molecular complexity index is 378. The second kappa shape index (κ2) is 5.40. The van der Waals surface area contributed by atoms with Crippen LogP contribution in [-0.2, 0) is 5.60 Å². The molecule has 0 saturated carbocycles. The average Bonchev–Trinajstić information content (AvgIpc) is 2.25. The van der Waals surface area contributed by atoms with Crippen molar-refractivity contribution in [2.45, 2.75) is 38.0 Å². The third-order valence-electron chi connectivity index (χ3n) is 2.77. The topological polar surface area (TPSA) is 20.2 Å². The number of alkyl halides is 3. The maximum absolute atomic E-state index is 12.2. The van der Waals surface area contributed by atoms with Gasteiger partial charge in [0, 0.05) is 10.9 Å². The molecule has 0 aliphatic heterocycles. The van der Waals surface area contributed by atoms with Gasteiger partial charge >= 0.3 is 6.18 Å². The highest BCUT2D eigenvalue weighted by Gasteiger charge is 2.34. The fraction of sp³-hybridized carbons (Fsp3) is 0.500. The zero-order valence-corrected chi connectivity index (χ0v) is 11.0. The van der Waals surface area contributed by atoms with Crippen LogP contribution in [0.2, 0.25) is 0 Å². The van der Waals surface area contributed by atoms with Gasteiger partial charge in [0.25, 0.3) is 0 Å². The first-order chi connectivity index (χ1) is 7.77. The number of halogens is 4. The minimum Gasteiger partial charge on any atom is -0.385 e. The third-order valence-corrected chi connectivity index (χ3v) is 3.26. The molecule has 96 valence electrons. The average molecular weight is 311 g/mol. The predicted octanol–water partition coefficient (Wildman–Crippen LogP) is 4.39. The quantitative estimate of drug-likeness (QED) is 0.874. The van der Waals surface area contributed by atoms with E-state index in [0.717, 1.165) is 4.47 Å². The minimum absolute atomic E-state index is 0.250. The van der Waals surface area contributed by atoms with Gasteiger partial charge in [0.2, 0.25) is 0 Å². The van der Waals surface area contributed by atoms with Crippen LogP contribution in [0.3, 0.4) is 0 Å². The van der Waals surface area contributed by atoms with Crippen molar-refractivity contribution in [3.8, 4) is 0 Å². The molecule has 5 heteroatoms. The number of benzene rings is 1. The summed E-state index contributed by atoms with van der Waals surface area (Å²) in [5.41, 5.74) is -0.905. The summed E-state index contributed by atoms with van der Waals surface area (Å²) in [7, 11) is 0. The summed E-state index contributed by atoms with van der Waals surface area (Å²) in [4.78, 5) is 0. The number of rotatable bonds is 4. The van der Waals surface area contributed by atoms with E-state index in [0.29, 0.717) is 5.56 Å². The Morgan fingerprint density at radius 1 is 1.24 bits per heavy atom. The molecular weight excluding hydrogens is 297 g/mol. The minimum atomic E-state index is -4.24. The van der Waals surface area contributed by atoms with Crippen molar-refractivity contribution in [3.63, 3.8) is 0 Å². The van der Waals surface area contributed by atoms with Crippen LogP contribution in [-0.4, -0.2) is 11.3 Å². The lowest BCUT2D eigenvalue weighted by molar-refractivity contribution is -0.148. The first kappa shape index (κ1) is 14.5. The second-order valence-electron chi connectivity index (χ2n) is 4.01. The van der Waals surface area contributed by atoms with Crippen LogP contribution in [0.25, 0.3) is 0 Å². The second-order valence-corrected chi connectivity index (χ2v) is 4.93. The zero-order chi connectivity index (χ0) is 13.1. The van der Waals surface area contributed by atoms with Gasteiger partial charge in [0.05, 0.1) is 5.60 Å². The number of aliphatic hydroxyl groups is 1. The molecule has 0 aliphatic rings. The van der Waals surface area contributed by atoms with E-state index in [4.69, 9.17) is 0 Å². The van der Waals surface area contributed by atoms with Crippen molar-refractivity contribution >= 4 is 15.9 Å². The Morgan fingerprint density at radius 3 is 2.35 bits per heavy atom. The monoisotopic (exact) mass is 310 g/mol. The van der Waals surface area contributed by atoms with Crippen LogP contribution < -0.4 is 0 Å². The van der Waals surface area contributed by atoms with E-state index >= 15 is 0 Å². The van der Waals surface area contributed by atoms with Gasteiger partial charge in [-0.15, -0.1) is 0 Å². The van der Waals surface area contributed by atoms with E-state index in [2.05, 4.69) is 15.9 Å². The molecule has 1 aromatic carbocycles. The van der Waals surface area contributed by atoms with Crippen LogP contribution >= 0.6 is 15.9 Å². The SMILES string of the molecule is CCC(O)(CCC(F)(F)F)c1cccc(Br)c1. The molecule has 1 aromatic rings. The molecule has 17 heavy (non-hydrogen) atoms. The van der Waals surface area contributed by atoms with Gasteiger partial charge in [0.1, 0.15) is 0 Å². The first-order valence-corrected chi connectivity index (χ1v) is 6.11. The standard InChI is InChI=1S/C12H14BrF3O/c1-2-11(17,6-7-12(14,15)16)9-4-3-5-10(13)8-9/h3-5,8,17H,2,6-7H2,1H3. The van der Waals surface area contributed by atoms with Crippen molar-refractivity contribution in [2.75, 3.05) is 0 Å². The van der Waals surface area contributed by atoms with Gasteiger partial charge in [-0.1, -0.05) is 35.0 Å². The third kappa shape index (κ3) is 4.32. The first-order valence-electron chi connectivity index (χ1n) is 5.32. The molecule has 1 atom stereocenters. The van der Waals surface area contributed by atoms with Gasteiger partial charge in [-0.3, -0.25) is 0 Å². The molecule has 0 fully saturated rings. The van der Waals surface area contributed by atoms with E-state index in [1.165, 1.54) is 0 Å². The van der Waals surface area contributed by atoms with E-state index in [9.17, 15) is 18.3 Å². The van der Waals surface area contributed by atoms with Crippen molar-refractivity contribution in [1.82, 2.24) is 0 Å². The predicted molar refractivity (Wildman–Crippen MR) is 63.6 cm³/mol. The molecular formula is C12H14BrF3O. The van der Waals surface area contributed by atoms with E-state index in [-0.39, 0.29) is 12.8 Å². The van der Waals surface area contributed by atoms with Crippen LogP contribution in [0.1, 0.15) is 31.7 Å². The number of hydrogen-bond acceptors (Lipinski definition) is 1. The highest BCUT2D eigenvalue weighted by Crippen LogP contribution is 2.35. The smallest absolute Gasteiger partial charge is 0.385 e. The normalized spacial score (nSPS) is 15.6. The Morgan fingerprint density at radius 2 is 1.88 bits per heavy atom. The van der Waals surface area contributed by atoms with Crippen molar-refractivity contribution in [2.24, 2.45) is 0 Å². The molecule has 0 aromatic heterocycles.